The second kappa shape index (κ2) is 4.40. The van der Waals surface area contributed by atoms with Crippen molar-refractivity contribution >= 4 is 0 Å². The number of nitrogens with one attached hydrogen (secondary N) is 1. The molecule has 3 heteroatoms. The van der Waals surface area contributed by atoms with Crippen LogP contribution in [0.3, 0.4) is 0 Å². The van der Waals surface area contributed by atoms with Crippen LogP contribution >= 0.6 is 0 Å². The second-order valence-electron chi connectivity index (χ2n) is 4.30. The highest BCUT2D eigenvalue weighted by Crippen LogP contribution is 2.41. The monoisotopic (exact) mass is 187 g/mol. The predicted molar refractivity (Wildman–Crippen MR) is 52.5 cm³/mol. The van der Waals surface area contributed by atoms with Crippen molar-refractivity contribution in [2.45, 2.75) is 44.8 Å². The number of likely N-dealkylation sites (N-methyl/N-ethyl adjacent to an activating group) is 1. The van der Waals surface area contributed by atoms with Crippen LogP contribution < -0.4 is 5.32 Å². The zero-order chi connectivity index (χ0) is 9.90. The molecule has 3 N–H and O–H groups in total. The van der Waals surface area contributed by atoms with Gasteiger partial charge in [-0.1, -0.05) is 6.92 Å². The van der Waals surface area contributed by atoms with Crippen LogP contribution in [0, 0.1) is 5.92 Å². The van der Waals surface area contributed by atoms with Gasteiger partial charge in [0.25, 0.3) is 0 Å². The van der Waals surface area contributed by atoms with E-state index in [1.54, 1.807) is 0 Å². The van der Waals surface area contributed by atoms with Crippen LogP contribution in [0.15, 0.2) is 0 Å². The molecular weight excluding hydrogens is 166 g/mol. The molecule has 0 bridgehead atoms. The van der Waals surface area contributed by atoms with E-state index in [0.717, 1.165) is 19.4 Å². The Morgan fingerprint density at radius 1 is 1.54 bits per heavy atom. The molecule has 13 heavy (non-hydrogen) atoms. The summed E-state index contributed by atoms with van der Waals surface area (Å²) < 4.78 is 0. The summed E-state index contributed by atoms with van der Waals surface area (Å²) in [5.41, 5.74) is -0.658. The first-order chi connectivity index (χ1) is 6.06. The van der Waals surface area contributed by atoms with Crippen LogP contribution in [-0.4, -0.2) is 35.0 Å². The highest BCUT2D eigenvalue weighted by Gasteiger charge is 2.40. The Morgan fingerprint density at radius 3 is 2.62 bits per heavy atom. The van der Waals surface area contributed by atoms with Crippen LogP contribution in [0.4, 0.5) is 0 Å². The number of hydrogen-bond acceptors (Lipinski definition) is 3. The molecule has 0 aromatic carbocycles. The third kappa shape index (κ3) is 3.63. The van der Waals surface area contributed by atoms with Gasteiger partial charge < -0.3 is 15.5 Å². The Balaban J connectivity index is 2.21. The Hall–Kier alpha value is -0.120. The molecule has 1 rings (SSSR count). The normalized spacial score (nSPS) is 24.0. The highest BCUT2D eigenvalue weighted by molar-refractivity contribution is 4.92. The van der Waals surface area contributed by atoms with Gasteiger partial charge in [-0.25, -0.2) is 0 Å². The first-order valence-electron chi connectivity index (χ1n) is 5.17. The Labute approximate surface area is 80.2 Å². The number of aliphatic hydroxyl groups excluding tert-OH is 1. The quantitative estimate of drug-likeness (QED) is 0.568. The van der Waals surface area contributed by atoms with Crippen LogP contribution in [0.2, 0.25) is 0 Å². The van der Waals surface area contributed by atoms with Gasteiger partial charge >= 0.3 is 0 Å². The molecule has 2 unspecified atom stereocenters. The van der Waals surface area contributed by atoms with E-state index in [9.17, 15) is 10.2 Å². The maximum atomic E-state index is 9.94. The minimum Gasteiger partial charge on any atom is -0.392 e. The summed E-state index contributed by atoms with van der Waals surface area (Å²) in [5, 5.41) is 22.6. The van der Waals surface area contributed by atoms with Gasteiger partial charge in [-0.3, -0.25) is 0 Å². The van der Waals surface area contributed by atoms with Crippen LogP contribution in [0.5, 0.6) is 0 Å². The van der Waals surface area contributed by atoms with Gasteiger partial charge in [0.05, 0.1) is 11.7 Å². The third-order valence-corrected chi connectivity index (χ3v) is 2.74. The molecule has 0 saturated heterocycles. The number of aliphatic hydroxyl groups is 2. The summed E-state index contributed by atoms with van der Waals surface area (Å²) in [7, 11) is 0. The van der Waals surface area contributed by atoms with E-state index in [-0.39, 0.29) is 0 Å². The summed E-state index contributed by atoms with van der Waals surface area (Å²) in [6.07, 6.45) is 2.29. The molecule has 1 fully saturated rings. The zero-order valence-electron chi connectivity index (χ0n) is 8.58. The summed E-state index contributed by atoms with van der Waals surface area (Å²) in [4.78, 5) is 0. The standard InChI is InChI=1S/C10H21NO2/c1-3-11-7-9(12)6-10(2,13)8-4-5-8/h8-9,11-13H,3-7H2,1-2H3. The van der Waals surface area contributed by atoms with Crippen molar-refractivity contribution in [2.24, 2.45) is 5.92 Å². The lowest BCUT2D eigenvalue weighted by atomic mass is 9.93. The van der Waals surface area contributed by atoms with Gasteiger partial charge in [0.1, 0.15) is 0 Å². The smallest absolute Gasteiger partial charge is 0.0691 e. The molecule has 0 spiro atoms. The molecule has 0 aliphatic heterocycles. The highest BCUT2D eigenvalue weighted by atomic mass is 16.3. The lowest BCUT2D eigenvalue weighted by molar-refractivity contribution is -0.0128. The van der Waals surface area contributed by atoms with E-state index in [1.165, 1.54) is 0 Å². The Bertz CT molecular complexity index is 155. The van der Waals surface area contributed by atoms with E-state index in [1.807, 2.05) is 13.8 Å². The summed E-state index contributed by atoms with van der Waals surface area (Å²) in [5.74, 6) is 0.420. The summed E-state index contributed by atoms with van der Waals surface area (Å²) in [6, 6.07) is 0. The number of rotatable bonds is 6. The number of hydrogen-bond donors (Lipinski definition) is 3. The predicted octanol–water partition coefficient (Wildman–Crippen LogP) is 0.508. The summed E-state index contributed by atoms with van der Waals surface area (Å²) in [6.45, 7) is 5.29. The van der Waals surface area contributed by atoms with Crippen molar-refractivity contribution < 1.29 is 10.2 Å². The lowest BCUT2D eigenvalue weighted by Crippen LogP contribution is -2.37. The lowest BCUT2D eigenvalue weighted by Gasteiger charge is -2.26. The fraction of sp³-hybridized carbons (Fsp3) is 1.00. The first-order valence-corrected chi connectivity index (χ1v) is 5.17. The fourth-order valence-corrected chi connectivity index (χ4v) is 1.73. The molecule has 0 heterocycles. The van der Waals surface area contributed by atoms with E-state index in [0.29, 0.717) is 18.9 Å². The zero-order valence-corrected chi connectivity index (χ0v) is 8.58. The van der Waals surface area contributed by atoms with E-state index < -0.39 is 11.7 Å². The van der Waals surface area contributed by atoms with Crippen molar-refractivity contribution in [1.82, 2.24) is 5.32 Å². The van der Waals surface area contributed by atoms with Crippen molar-refractivity contribution in [3.05, 3.63) is 0 Å². The minimum absolute atomic E-state index is 0.420. The van der Waals surface area contributed by atoms with Crippen molar-refractivity contribution in [3.8, 4) is 0 Å². The van der Waals surface area contributed by atoms with Gasteiger partial charge in [0.15, 0.2) is 0 Å². The molecule has 0 aromatic heterocycles. The maximum absolute atomic E-state index is 9.94. The van der Waals surface area contributed by atoms with Gasteiger partial charge in [-0.15, -0.1) is 0 Å². The molecule has 0 aromatic rings. The molecule has 2 atom stereocenters. The van der Waals surface area contributed by atoms with E-state index >= 15 is 0 Å². The van der Waals surface area contributed by atoms with Gasteiger partial charge in [0.2, 0.25) is 0 Å². The molecular formula is C10H21NO2. The van der Waals surface area contributed by atoms with Crippen LogP contribution in [0.1, 0.15) is 33.1 Å². The fourth-order valence-electron chi connectivity index (χ4n) is 1.73. The van der Waals surface area contributed by atoms with Crippen LogP contribution in [-0.2, 0) is 0 Å². The Morgan fingerprint density at radius 2 is 2.15 bits per heavy atom. The first kappa shape index (κ1) is 11.0. The molecule has 0 radical (unpaired) electrons. The SMILES string of the molecule is CCNCC(O)CC(C)(O)C1CC1. The molecule has 0 amide bonds. The molecule has 3 nitrogen and oxygen atoms in total. The molecule has 1 saturated carbocycles. The summed E-state index contributed by atoms with van der Waals surface area (Å²) >= 11 is 0. The van der Waals surface area contributed by atoms with Gasteiger partial charge in [0, 0.05) is 13.0 Å². The van der Waals surface area contributed by atoms with Gasteiger partial charge in [-0.05, 0) is 32.2 Å². The van der Waals surface area contributed by atoms with E-state index in [4.69, 9.17) is 0 Å². The van der Waals surface area contributed by atoms with Crippen molar-refractivity contribution in [3.63, 3.8) is 0 Å². The minimum atomic E-state index is -0.658. The topological polar surface area (TPSA) is 52.5 Å². The average molecular weight is 187 g/mol. The molecule has 78 valence electrons. The molecule has 1 aliphatic carbocycles. The second-order valence-corrected chi connectivity index (χ2v) is 4.30. The van der Waals surface area contributed by atoms with E-state index in [2.05, 4.69) is 5.32 Å². The van der Waals surface area contributed by atoms with Crippen molar-refractivity contribution in [1.29, 1.82) is 0 Å². The largest absolute Gasteiger partial charge is 0.392 e. The van der Waals surface area contributed by atoms with Gasteiger partial charge in [-0.2, -0.15) is 0 Å². The maximum Gasteiger partial charge on any atom is 0.0691 e. The van der Waals surface area contributed by atoms with Crippen molar-refractivity contribution in [2.75, 3.05) is 13.1 Å². The average Bonchev–Trinajstić information content (AvgIpc) is 2.81. The van der Waals surface area contributed by atoms with Crippen LogP contribution in [0.25, 0.3) is 0 Å². The molecule has 1 aliphatic rings. The third-order valence-electron chi connectivity index (χ3n) is 2.74. The Kier molecular flexibility index (Phi) is 3.71.